The van der Waals surface area contributed by atoms with Gasteiger partial charge in [-0.05, 0) is 44.2 Å². The molecule has 1 fully saturated rings. The minimum atomic E-state index is -1.07. The van der Waals surface area contributed by atoms with Gasteiger partial charge in [-0.3, -0.25) is 0 Å². The Bertz CT molecular complexity index is 536. The summed E-state index contributed by atoms with van der Waals surface area (Å²) in [6.45, 7) is 1.75. The molecule has 2 amide bonds. The summed E-state index contributed by atoms with van der Waals surface area (Å²) in [5, 5.41) is 24.0. The zero-order valence-electron chi connectivity index (χ0n) is 11.9. The van der Waals surface area contributed by atoms with Gasteiger partial charge in [-0.2, -0.15) is 0 Å². The zero-order valence-corrected chi connectivity index (χ0v) is 11.9. The highest BCUT2D eigenvalue weighted by molar-refractivity contribution is 6.01. The minimum Gasteiger partial charge on any atom is -0.478 e. The lowest BCUT2D eigenvalue weighted by atomic mass is 9.93. The van der Waals surface area contributed by atoms with Gasteiger partial charge in [-0.15, -0.1) is 0 Å². The molecule has 1 aliphatic carbocycles. The molecule has 1 saturated carbocycles. The smallest absolute Gasteiger partial charge is 0.337 e. The second kappa shape index (κ2) is 6.58. The first-order chi connectivity index (χ1) is 9.97. The lowest BCUT2D eigenvalue weighted by Gasteiger charge is -2.26. The van der Waals surface area contributed by atoms with Gasteiger partial charge >= 0.3 is 12.0 Å². The van der Waals surface area contributed by atoms with Crippen LogP contribution in [0, 0.1) is 6.92 Å². The van der Waals surface area contributed by atoms with E-state index in [2.05, 4.69) is 10.6 Å². The van der Waals surface area contributed by atoms with E-state index in [1.165, 1.54) is 6.07 Å². The largest absolute Gasteiger partial charge is 0.478 e. The number of aliphatic hydroxyl groups is 1. The van der Waals surface area contributed by atoms with Crippen LogP contribution < -0.4 is 10.6 Å². The van der Waals surface area contributed by atoms with E-state index < -0.39 is 12.0 Å². The van der Waals surface area contributed by atoms with Crippen LogP contribution in [0.25, 0.3) is 0 Å². The predicted molar refractivity (Wildman–Crippen MR) is 78.6 cm³/mol. The summed E-state index contributed by atoms with van der Waals surface area (Å²) in [6, 6.07) is 4.46. The number of carbonyl (C=O) groups is 2. The number of aryl methyl sites for hydroxylation is 1. The number of anilines is 1. The number of hydrogen-bond acceptors (Lipinski definition) is 3. The number of urea groups is 1. The third kappa shape index (κ3) is 3.95. The minimum absolute atomic E-state index is 0.0192. The number of carboxylic acids is 1. The van der Waals surface area contributed by atoms with Crippen LogP contribution in [0.4, 0.5) is 10.5 Å². The van der Waals surface area contributed by atoms with Gasteiger partial charge in [0, 0.05) is 6.04 Å². The lowest BCUT2D eigenvalue weighted by molar-refractivity contribution is 0.0698. The lowest BCUT2D eigenvalue weighted by Crippen LogP contribution is -2.41. The fourth-order valence-corrected chi connectivity index (χ4v) is 2.57. The van der Waals surface area contributed by atoms with Gasteiger partial charge in [0.05, 0.1) is 17.4 Å². The second-order valence-electron chi connectivity index (χ2n) is 5.41. The van der Waals surface area contributed by atoms with Gasteiger partial charge in [0.15, 0.2) is 0 Å². The number of benzene rings is 1. The number of aliphatic hydroxyl groups excluding tert-OH is 1. The van der Waals surface area contributed by atoms with E-state index in [-0.39, 0.29) is 17.7 Å². The fraction of sp³-hybridized carbons (Fsp3) is 0.467. The molecule has 0 atom stereocenters. The van der Waals surface area contributed by atoms with Crippen molar-refractivity contribution in [3.8, 4) is 0 Å². The van der Waals surface area contributed by atoms with Crippen molar-refractivity contribution in [2.75, 3.05) is 5.32 Å². The average molecular weight is 292 g/mol. The highest BCUT2D eigenvalue weighted by Gasteiger charge is 2.21. The normalized spacial score (nSPS) is 21.6. The van der Waals surface area contributed by atoms with Gasteiger partial charge in [0.2, 0.25) is 0 Å². The van der Waals surface area contributed by atoms with E-state index in [0.717, 1.165) is 12.8 Å². The van der Waals surface area contributed by atoms with Crippen LogP contribution in [-0.4, -0.2) is 34.4 Å². The fourth-order valence-electron chi connectivity index (χ4n) is 2.57. The van der Waals surface area contributed by atoms with Gasteiger partial charge in [-0.1, -0.05) is 12.1 Å². The van der Waals surface area contributed by atoms with Gasteiger partial charge < -0.3 is 20.8 Å². The van der Waals surface area contributed by atoms with Crippen molar-refractivity contribution in [1.82, 2.24) is 5.32 Å². The van der Waals surface area contributed by atoms with Gasteiger partial charge in [0.25, 0.3) is 0 Å². The zero-order chi connectivity index (χ0) is 15.4. The topological polar surface area (TPSA) is 98.7 Å². The van der Waals surface area contributed by atoms with E-state index in [1.54, 1.807) is 19.1 Å². The quantitative estimate of drug-likeness (QED) is 0.685. The number of nitrogens with one attached hydrogen (secondary N) is 2. The molecule has 0 bridgehead atoms. The molecule has 4 N–H and O–H groups in total. The summed E-state index contributed by atoms with van der Waals surface area (Å²) in [5.74, 6) is -1.07. The summed E-state index contributed by atoms with van der Waals surface area (Å²) in [5.41, 5.74) is 1.09. The molecule has 0 saturated heterocycles. The number of hydrogen-bond donors (Lipinski definition) is 4. The number of aromatic carboxylic acids is 1. The second-order valence-corrected chi connectivity index (χ2v) is 5.41. The highest BCUT2D eigenvalue weighted by Crippen LogP contribution is 2.21. The maximum absolute atomic E-state index is 12.0. The van der Waals surface area contributed by atoms with Crippen molar-refractivity contribution in [3.05, 3.63) is 29.3 Å². The van der Waals surface area contributed by atoms with Crippen molar-refractivity contribution in [2.24, 2.45) is 0 Å². The Hall–Kier alpha value is -2.08. The summed E-state index contributed by atoms with van der Waals surface area (Å²) in [7, 11) is 0. The standard InChI is InChI=1S/C15H20N2O4/c1-9-3-2-4-12(14(19)20)13(9)17-15(21)16-10-5-7-11(18)8-6-10/h2-4,10-11,18H,5-8H2,1H3,(H,19,20)(H2,16,17,21). The van der Waals surface area contributed by atoms with Crippen LogP contribution >= 0.6 is 0 Å². The van der Waals surface area contributed by atoms with E-state index in [9.17, 15) is 14.7 Å². The van der Waals surface area contributed by atoms with Crippen molar-refractivity contribution in [3.63, 3.8) is 0 Å². The molecule has 1 aliphatic rings. The molecular weight excluding hydrogens is 272 g/mol. The summed E-state index contributed by atoms with van der Waals surface area (Å²) >= 11 is 0. The van der Waals surface area contributed by atoms with E-state index in [0.29, 0.717) is 24.1 Å². The molecule has 114 valence electrons. The third-order valence-corrected chi connectivity index (χ3v) is 3.77. The molecule has 0 spiro atoms. The number of carbonyl (C=O) groups excluding carboxylic acids is 1. The monoisotopic (exact) mass is 292 g/mol. The van der Waals surface area contributed by atoms with Crippen LogP contribution in [0.3, 0.4) is 0 Å². The SMILES string of the molecule is Cc1cccc(C(=O)O)c1NC(=O)NC1CCC(O)CC1. The molecule has 2 rings (SSSR count). The Balaban J connectivity index is 2.01. The molecule has 0 radical (unpaired) electrons. The molecule has 0 aliphatic heterocycles. The molecular formula is C15H20N2O4. The van der Waals surface area contributed by atoms with Crippen LogP contribution in [0.2, 0.25) is 0 Å². The van der Waals surface area contributed by atoms with E-state index in [4.69, 9.17) is 5.11 Å². The number of amides is 2. The predicted octanol–water partition coefficient (Wildman–Crippen LogP) is 2.12. The van der Waals surface area contributed by atoms with Crippen LogP contribution in [0.5, 0.6) is 0 Å². The first-order valence-corrected chi connectivity index (χ1v) is 7.06. The van der Waals surface area contributed by atoms with Crippen LogP contribution in [0.15, 0.2) is 18.2 Å². The van der Waals surface area contributed by atoms with E-state index in [1.807, 2.05) is 0 Å². The van der Waals surface area contributed by atoms with Crippen LogP contribution in [0.1, 0.15) is 41.6 Å². The summed E-state index contributed by atoms with van der Waals surface area (Å²) in [6.07, 6.45) is 2.54. The maximum Gasteiger partial charge on any atom is 0.337 e. The summed E-state index contributed by atoms with van der Waals surface area (Å²) < 4.78 is 0. The highest BCUT2D eigenvalue weighted by atomic mass is 16.4. The average Bonchev–Trinajstić information content (AvgIpc) is 2.43. The molecule has 0 unspecified atom stereocenters. The van der Waals surface area contributed by atoms with Crippen molar-refractivity contribution >= 4 is 17.7 Å². The Morgan fingerprint density at radius 3 is 2.48 bits per heavy atom. The van der Waals surface area contributed by atoms with Gasteiger partial charge in [-0.25, -0.2) is 9.59 Å². The first kappa shape index (κ1) is 15.3. The third-order valence-electron chi connectivity index (χ3n) is 3.77. The van der Waals surface area contributed by atoms with Gasteiger partial charge in [0.1, 0.15) is 0 Å². The Morgan fingerprint density at radius 2 is 1.86 bits per heavy atom. The summed E-state index contributed by atoms with van der Waals surface area (Å²) in [4.78, 5) is 23.2. The van der Waals surface area contributed by atoms with E-state index >= 15 is 0 Å². The Kier molecular flexibility index (Phi) is 4.80. The first-order valence-electron chi connectivity index (χ1n) is 7.06. The van der Waals surface area contributed by atoms with Crippen molar-refractivity contribution in [2.45, 2.75) is 44.8 Å². The Morgan fingerprint density at radius 1 is 1.19 bits per heavy atom. The molecule has 1 aromatic carbocycles. The van der Waals surface area contributed by atoms with Crippen molar-refractivity contribution in [1.29, 1.82) is 0 Å². The number of carboxylic acid groups (broad SMARTS) is 1. The number of para-hydroxylation sites is 1. The molecule has 0 aromatic heterocycles. The number of rotatable bonds is 3. The Labute approximate surface area is 123 Å². The molecule has 6 nitrogen and oxygen atoms in total. The van der Waals surface area contributed by atoms with Crippen LogP contribution in [-0.2, 0) is 0 Å². The maximum atomic E-state index is 12.0. The molecule has 0 heterocycles. The molecule has 6 heteroatoms. The molecule has 1 aromatic rings. The van der Waals surface area contributed by atoms with Crippen molar-refractivity contribution < 1.29 is 19.8 Å². The molecule has 21 heavy (non-hydrogen) atoms.